The zero-order valence-electron chi connectivity index (χ0n) is 7.92. The molecule has 0 saturated heterocycles. The Morgan fingerprint density at radius 1 is 1.69 bits per heavy atom. The summed E-state index contributed by atoms with van der Waals surface area (Å²) in [5.41, 5.74) is 0. The van der Waals surface area contributed by atoms with Crippen molar-refractivity contribution < 1.29 is 0 Å². The van der Waals surface area contributed by atoms with Crippen LogP contribution >= 0.6 is 11.3 Å². The molecule has 0 aliphatic heterocycles. The first kappa shape index (κ1) is 10.3. The van der Waals surface area contributed by atoms with E-state index >= 15 is 0 Å². The summed E-state index contributed by atoms with van der Waals surface area (Å²) in [7, 11) is 0. The molecule has 0 bridgehead atoms. The number of thiophene rings is 1. The van der Waals surface area contributed by atoms with Gasteiger partial charge in [-0.05, 0) is 24.4 Å². The molecule has 1 heterocycles. The van der Waals surface area contributed by atoms with Crippen LogP contribution in [0.3, 0.4) is 0 Å². The van der Waals surface area contributed by atoms with E-state index in [0.29, 0.717) is 6.04 Å². The highest BCUT2D eigenvalue weighted by atomic mass is 32.1. The van der Waals surface area contributed by atoms with Crippen molar-refractivity contribution in [1.29, 1.82) is 0 Å². The van der Waals surface area contributed by atoms with Gasteiger partial charge in [0.25, 0.3) is 0 Å². The van der Waals surface area contributed by atoms with E-state index in [9.17, 15) is 0 Å². The molecule has 1 rings (SSSR count). The van der Waals surface area contributed by atoms with E-state index in [1.807, 2.05) is 0 Å². The molecular weight excluding hydrogens is 178 g/mol. The first-order valence-electron chi connectivity index (χ1n) is 4.58. The van der Waals surface area contributed by atoms with Gasteiger partial charge in [-0.1, -0.05) is 13.0 Å². The lowest BCUT2D eigenvalue weighted by Gasteiger charge is -2.14. The Hall–Kier alpha value is -0.780. The fraction of sp³-hybridized carbons (Fsp3) is 0.455. The molecule has 1 nitrogen and oxygen atoms in total. The van der Waals surface area contributed by atoms with Crippen molar-refractivity contribution in [3.63, 3.8) is 0 Å². The maximum absolute atomic E-state index is 5.25. The number of hydrogen-bond acceptors (Lipinski definition) is 2. The van der Waals surface area contributed by atoms with E-state index < -0.39 is 0 Å². The minimum atomic E-state index is 0.445. The molecule has 0 fully saturated rings. The van der Waals surface area contributed by atoms with Crippen LogP contribution in [0.2, 0.25) is 0 Å². The fourth-order valence-electron chi connectivity index (χ4n) is 1.31. The average Bonchev–Trinajstić information content (AvgIpc) is 2.65. The van der Waals surface area contributed by atoms with Gasteiger partial charge in [0.2, 0.25) is 0 Å². The summed E-state index contributed by atoms with van der Waals surface area (Å²) in [5, 5.41) is 5.54. The van der Waals surface area contributed by atoms with Gasteiger partial charge in [0, 0.05) is 17.3 Å². The topological polar surface area (TPSA) is 12.0 Å². The summed E-state index contributed by atoms with van der Waals surface area (Å²) in [4.78, 5) is 1.39. The molecule has 0 aliphatic carbocycles. The smallest absolute Gasteiger partial charge is 0.0423 e. The first-order valence-corrected chi connectivity index (χ1v) is 5.46. The highest BCUT2D eigenvalue weighted by Crippen LogP contribution is 2.22. The van der Waals surface area contributed by atoms with Crippen molar-refractivity contribution in [2.24, 2.45) is 0 Å². The molecule has 0 spiro atoms. The van der Waals surface area contributed by atoms with Gasteiger partial charge >= 0.3 is 0 Å². The van der Waals surface area contributed by atoms with Crippen molar-refractivity contribution in [2.45, 2.75) is 25.8 Å². The van der Waals surface area contributed by atoms with E-state index in [1.54, 1.807) is 11.3 Å². The number of nitrogens with one attached hydrogen (secondary N) is 1. The van der Waals surface area contributed by atoms with Crippen molar-refractivity contribution >= 4 is 11.3 Å². The van der Waals surface area contributed by atoms with E-state index in [0.717, 1.165) is 19.4 Å². The molecule has 1 aromatic heterocycles. The van der Waals surface area contributed by atoms with Crippen LogP contribution in [0.4, 0.5) is 0 Å². The zero-order chi connectivity index (χ0) is 9.52. The second-order valence-corrected chi connectivity index (χ2v) is 3.85. The molecular formula is C11H15NS. The molecule has 1 unspecified atom stereocenters. The van der Waals surface area contributed by atoms with Crippen LogP contribution in [0.15, 0.2) is 17.5 Å². The van der Waals surface area contributed by atoms with Crippen molar-refractivity contribution in [3.8, 4) is 12.3 Å². The summed E-state index contributed by atoms with van der Waals surface area (Å²) in [6.45, 7) is 3.11. The van der Waals surface area contributed by atoms with Crippen LogP contribution in [0.5, 0.6) is 0 Å². The third kappa shape index (κ3) is 3.22. The van der Waals surface area contributed by atoms with E-state index in [2.05, 4.69) is 35.7 Å². The molecule has 1 atom stereocenters. The second kappa shape index (κ2) is 5.80. The van der Waals surface area contributed by atoms with Crippen LogP contribution in [-0.2, 0) is 0 Å². The molecule has 70 valence electrons. The molecule has 0 amide bonds. The number of terminal acetylenes is 1. The predicted octanol–water partition coefficient (Wildman–Crippen LogP) is 2.81. The quantitative estimate of drug-likeness (QED) is 0.709. The predicted molar refractivity (Wildman–Crippen MR) is 58.8 cm³/mol. The highest BCUT2D eigenvalue weighted by Gasteiger charge is 2.09. The van der Waals surface area contributed by atoms with Crippen LogP contribution in [-0.4, -0.2) is 6.54 Å². The maximum Gasteiger partial charge on any atom is 0.0423 e. The van der Waals surface area contributed by atoms with Crippen LogP contribution in [0.1, 0.15) is 30.7 Å². The Labute approximate surface area is 84.2 Å². The molecule has 13 heavy (non-hydrogen) atoms. The molecule has 1 aromatic rings. The highest BCUT2D eigenvalue weighted by molar-refractivity contribution is 7.10. The van der Waals surface area contributed by atoms with Crippen LogP contribution in [0.25, 0.3) is 0 Å². The van der Waals surface area contributed by atoms with Crippen molar-refractivity contribution in [2.75, 3.05) is 6.54 Å². The number of hydrogen-bond donors (Lipinski definition) is 1. The lowest BCUT2D eigenvalue weighted by molar-refractivity contribution is 0.530. The van der Waals surface area contributed by atoms with Crippen LogP contribution < -0.4 is 5.32 Å². The monoisotopic (exact) mass is 193 g/mol. The Bertz CT molecular complexity index is 258. The molecule has 2 heteroatoms. The lowest BCUT2D eigenvalue weighted by Crippen LogP contribution is -2.19. The Morgan fingerprint density at radius 3 is 3.08 bits per heavy atom. The van der Waals surface area contributed by atoms with Gasteiger partial charge < -0.3 is 5.32 Å². The summed E-state index contributed by atoms with van der Waals surface area (Å²) in [6.07, 6.45) is 7.13. The van der Waals surface area contributed by atoms with E-state index in [4.69, 9.17) is 6.42 Å². The van der Waals surface area contributed by atoms with Crippen molar-refractivity contribution in [3.05, 3.63) is 22.4 Å². The SMILES string of the molecule is C#CCCC(NCC)c1cccs1. The molecule has 0 saturated carbocycles. The van der Waals surface area contributed by atoms with Gasteiger partial charge in [0.1, 0.15) is 0 Å². The zero-order valence-corrected chi connectivity index (χ0v) is 8.73. The summed E-state index contributed by atoms with van der Waals surface area (Å²) < 4.78 is 0. The molecule has 0 radical (unpaired) electrons. The van der Waals surface area contributed by atoms with E-state index in [1.165, 1.54) is 4.88 Å². The number of rotatable bonds is 5. The van der Waals surface area contributed by atoms with Gasteiger partial charge in [-0.15, -0.1) is 23.7 Å². The van der Waals surface area contributed by atoms with Crippen LogP contribution in [0, 0.1) is 12.3 Å². The van der Waals surface area contributed by atoms with E-state index in [-0.39, 0.29) is 0 Å². The average molecular weight is 193 g/mol. The van der Waals surface area contributed by atoms with Crippen molar-refractivity contribution in [1.82, 2.24) is 5.32 Å². The fourth-order valence-corrected chi connectivity index (χ4v) is 2.15. The third-order valence-electron chi connectivity index (χ3n) is 1.91. The summed E-state index contributed by atoms with van der Waals surface area (Å²) >= 11 is 1.79. The maximum atomic E-state index is 5.25. The Kier molecular flexibility index (Phi) is 4.59. The van der Waals surface area contributed by atoms with Gasteiger partial charge in [-0.2, -0.15) is 0 Å². The lowest BCUT2D eigenvalue weighted by atomic mass is 10.1. The first-order chi connectivity index (χ1) is 6.38. The van der Waals surface area contributed by atoms with Gasteiger partial charge in [-0.3, -0.25) is 0 Å². The summed E-state index contributed by atoms with van der Waals surface area (Å²) in [6, 6.07) is 4.69. The van der Waals surface area contributed by atoms with Gasteiger partial charge in [0.15, 0.2) is 0 Å². The third-order valence-corrected chi connectivity index (χ3v) is 2.90. The normalized spacial score (nSPS) is 12.3. The standard InChI is InChI=1S/C11H15NS/c1-3-5-7-10(12-4-2)11-8-6-9-13-11/h1,6,8-10,12H,4-5,7H2,2H3. The largest absolute Gasteiger partial charge is 0.309 e. The molecule has 0 aromatic carbocycles. The van der Waals surface area contributed by atoms with Gasteiger partial charge in [0.05, 0.1) is 0 Å². The summed E-state index contributed by atoms with van der Waals surface area (Å²) in [5.74, 6) is 2.68. The Balaban J connectivity index is 2.53. The molecule has 0 aliphatic rings. The minimum absolute atomic E-state index is 0.445. The Morgan fingerprint density at radius 2 is 2.54 bits per heavy atom. The molecule has 1 N–H and O–H groups in total. The van der Waals surface area contributed by atoms with Gasteiger partial charge in [-0.25, -0.2) is 0 Å². The minimum Gasteiger partial charge on any atom is -0.309 e. The second-order valence-electron chi connectivity index (χ2n) is 2.87.